The second kappa shape index (κ2) is 4.94. The Hall–Kier alpha value is -0.990. The van der Waals surface area contributed by atoms with Crippen molar-refractivity contribution in [3.8, 4) is 0 Å². The van der Waals surface area contributed by atoms with Gasteiger partial charge in [-0.25, -0.2) is 0 Å². The Morgan fingerprint density at radius 2 is 2.00 bits per heavy atom. The second-order valence-electron chi connectivity index (χ2n) is 6.21. The maximum Gasteiger partial charge on any atom is 0.163 e. The molecule has 1 N–H and O–H groups in total. The number of hydrogen-bond donors (Lipinski definition) is 1. The van der Waals surface area contributed by atoms with E-state index < -0.39 is 0 Å². The molecule has 1 atom stereocenters. The molecule has 2 aliphatic carbocycles. The summed E-state index contributed by atoms with van der Waals surface area (Å²) >= 11 is 0. The summed E-state index contributed by atoms with van der Waals surface area (Å²) in [7, 11) is 0. The molecule has 3 rings (SSSR count). The monoisotopic (exact) mass is 248 g/mol. The topological polar surface area (TPSA) is 38.1 Å². The molecule has 3 heteroatoms. The molecule has 0 aromatic carbocycles. The SMILES string of the molecule is Cc1noc(C2CC2)c1N[C@@H](C)CC1CCCC1. The van der Waals surface area contributed by atoms with Crippen molar-refractivity contribution in [2.45, 2.75) is 70.8 Å². The molecule has 2 fully saturated rings. The summed E-state index contributed by atoms with van der Waals surface area (Å²) in [5.41, 5.74) is 2.21. The maximum atomic E-state index is 5.48. The number of hydrogen-bond acceptors (Lipinski definition) is 3. The van der Waals surface area contributed by atoms with E-state index in [2.05, 4.69) is 17.4 Å². The molecule has 100 valence electrons. The van der Waals surface area contributed by atoms with Crippen LogP contribution in [0.3, 0.4) is 0 Å². The quantitative estimate of drug-likeness (QED) is 0.847. The van der Waals surface area contributed by atoms with Crippen molar-refractivity contribution in [1.29, 1.82) is 0 Å². The molecule has 3 nitrogen and oxygen atoms in total. The van der Waals surface area contributed by atoms with Crippen molar-refractivity contribution >= 4 is 5.69 Å². The standard InChI is InChI=1S/C15H24N2O/c1-10(9-12-5-3-4-6-12)16-14-11(2)17-18-15(14)13-7-8-13/h10,12-13,16H,3-9H2,1-2H3/t10-/m0/s1. The molecular formula is C15H24N2O. The van der Waals surface area contributed by atoms with Crippen molar-refractivity contribution in [3.63, 3.8) is 0 Å². The largest absolute Gasteiger partial charge is 0.378 e. The van der Waals surface area contributed by atoms with Crippen LogP contribution in [0, 0.1) is 12.8 Å². The third-order valence-corrected chi connectivity index (χ3v) is 4.39. The minimum atomic E-state index is 0.531. The van der Waals surface area contributed by atoms with Crippen LogP contribution < -0.4 is 5.32 Å². The van der Waals surface area contributed by atoms with Crippen molar-refractivity contribution in [2.24, 2.45) is 5.92 Å². The van der Waals surface area contributed by atoms with Crippen molar-refractivity contribution < 1.29 is 4.52 Å². The first-order valence-electron chi connectivity index (χ1n) is 7.46. The highest BCUT2D eigenvalue weighted by Crippen LogP contribution is 2.44. The summed E-state index contributed by atoms with van der Waals surface area (Å²) in [5.74, 6) is 2.66. The predicted molar refractivity (Wildman–Crippen MR) is 72.9 cm³/mol. The van der Waals surface area contributed by atoms with Crippen LogP contribution in [-0.2, 0) is 0 Å². The van der Waals surface area contributed by atoms with Gasteiger partial charge in [-0.3, -0.25) is 0 Å². The Labute approximate surface area is 109 Å². The molecular weight excluding hydrogens is 224 g/mol. The van der Waals surface area contributed by atoms with Gasteiger partial charge in [0.1, 0.15) is 11.4 Å². The molecule has 0 spiro atoms. The molecule has 2 aliphatic rings. The van der Waals surface area contributed by atoms with Gasteiger partial charge in [0.05, 0.1) is 0 Å². The van der Waals surface area contributed by atoms with Crippen LogP contribution in [-0.4, -0.2) is 11.2 Å². The van der Waals surface area contributed by atoms with Gasteiger partial charge in [0.25, 0.3) is 0 Å². The Bertz CT molecular complexity index is 403. The van der Waals surface area contributed by atoms with Crippen LogP contribution in [0.5, 0.6) is 0 Å². The Morgan fingerprint density at radius 3 is 2.67 bits per heavy atom. The van der Waals surface area contributed by atoms with Gasteiger partial charge in [0.15, 0.2) is 5.76 Å². The first-order chi connectivity index (χ1) is 8.74. The summed E-state index contributed by atoms with van der Waals surface area (Å²) in [6.45, 7) is 4.33. The Kier molecular flexibility index (Phi) is 3.31. The van der Waals surface area contributed by atoms with Gasteiger partial charge in [0, 0.05) is 12.0 Å². The summed E-state index contributed by atoms with van der Waals surface area (Å²) in [5, 5.41) is 7.78. The highest BCUT2D eigenvalue weighted by Gasteiger charge is 2.32. The molecule has 18 heavy (non-hydrogen) atoms. The van der Waals surface area contributed by atoms with E-state index >= 15 is 0 Å². The van der Waals surface area contributed by atoms with E-state index in [0.717, 1.165) is 17.4 Å². The van der Waals surface area contributed by atoms with Crippen LogP contribution in [0.2, 0.25) is 0 Å². The first kappa shape index (κ1) is 12.1. The fourth-order valence-corrected chi connectivity index (χ4v) is 3.24. The lowest BCUT2D eigenvalue weighted by Crippen LogP contribution is -2.19. The normalized spacial score (nSPS) is 22.3. The summed E-state index contributed by atoms with van der Waals surface area (Å²) < 4.78 is 5.48. The Morgan fingerprint density at radius 1 is 1.28 bits per heavy atom. The van der Waals surface area contributed by atoms with Crippen LogP contribution in [0.4, 0.5) is 5.69 Å². The predicted octanol–water partition coefficient (Wildman–Crippen LogP) is 4.24. The molecule has 1 aromatic heterocycles. The molecule has 0 unspecified atom stereocenters. The molecule has 0 aliphatic heterocycles. The number of nitrogens with one attached hydrogen (secondary N) is 1. The van der Waals surface area contributed by atoms with Gasteiger partial charge in [-0.05, 0) is 39.0 Å². The van der Waals surface area contributed by atoms with E-state index in [0.29, 0.717) is 12.0 Å². The second-order valence-corrected chi connectivity index (χ2v) is 6.21. The smallest absolute Gasteiger partial charge is 0.163 e. The zero-order valence-electron chi connectivity index (χ0n) is 11.5. The van der Waals surface area contributed by atoms with Gasteiger partial charge in [-0.15, -0.1) is 0 Å². The van der Waals surface area contributed by atoms with E-state index in [1.165, 1.54) is 50.6 Å². The number of aromatic nitrogens is 1. The fourth-order valence-electron chi connectivity index (χ4n) is 3.24. The zero-order valence-corrected chi connectivity index (χ0v) is 11.5. The molecule has 0 radical (unpaired) electrons. The number of anilines is 1. The van der Waals surface area contributed by atoms with Gasteiger partial charge in [0.2, 0.25) is 0 Å². The Balaban J connectivity index is 1.62. The average Bonchev–Trinajstić information content (AvgIpc) is 2.95. The van der Waals surface area contributed by atoms with Gasteiger partial charge in [-0.2, -0.15) is 0 Å². The summed E-state index contributed by atoms with van der Waals surface area (Å²) in [6.07, 6.45) is 9.51. The zero-order chi connectivity index (χ0) is 12.5. The molecule has 0 bridgehead atoms. The number of rotatable bonds is 5. The van der Waals surface area contributed by atoms with Gasteiger partial charge < -0.3 is 9.84 Å². The van der Waals surface area contributed by atoms with Crippen molar-refractivity contribution in [2.75, 3.05) is 5.32 Å². The first-order valence-corrected chi connectivity index (χ1v) is 7.46. The summed E-state index contributed by atoms with van der Waals surface area (Å²) in [6, 6.07) is 0.531. The van der Waals surface area contributed by atoms with E-state index in [-0.39, 0.29) is 0 Å². The number of aryl methyl sites for hydroxylation is 1. The van der Waals surface area contributed by atoms with Crippen LogP contribution >= 0.6 is 0 Å². The molecule has 0 saturated heterocycles. The summed E-state index contributed by atoms with van der Waals surface area (Å²) in [4.78, 5) is 0. The molecule has 1 aromatic rings. The van der Waals surface area contributed by atoms with Crippen LogP contribution in [0.25, 0.3) is 0 Å². The minimum Gasteiger partial charge on any atom is -0.378 e. The third kappa shape index (κ3) is 2.55. The van der Waals surface area contributed by atoms with E-state index in [4.69, 9.17) is 4.52 Å². The molecule has 0 amide bonds. The van der Waals surface area contributed by atoms with E-state index in [1.54, 1.807) is 0 Å². The lowest BCUT2D eigenvalue weighted by molar-refractivity contribution is 0.381. The van der Waals surface area contributed by atoms with Gasteiger partial charge >= 0.3 is 0 Å². The van der Waals surface area contributed by atoms with Crippen molar-refractivity contribution in [3.05, 3.63) is 11.5 Å². The maximum absolute atomic E-state index is 5.48. The van der Waals surface area contributed by atoms with Gasteiger partial charge in [-0.1, -0.05) is 30.8 Å². The third-order valence-electron chi connectivity index (χ3n) is 4.39. The lowest BCUT2D eigenvalue weighted by Gasteiger charge is -2.18. The highest BCUT2D eigenvalue weighted by atomic mass is 16.5. The lowest BCUT2D eigenvalue weighted by atomic mass is 9.99. The average molecular weight is 248 g/mol. The minimum absolute atomic E-state index is 0.531. The van der Waals surface area contributed by atoms with Crippen molar-refractivity contribution in [1.82, 2.24) is 5.16 Å². The molecule has 2 saturated carbocycles. The van der Waals surface area contributed by atoms with E-state index in [1.807, 2.05) is 6.92 Å². The van der Waals surface area contributed by atoms with Crippen LogP contribution in [0.15, 0.2) is 4.52 Å². The highest BCUT2D eigenvalue weighted by molar-refractivity contribution is 5.53. The van der Waals surface area contributed by atoms with E-state index in [9.17, 15) is 0 Å². The van der Waals surface area contributed by atoms with Crippen LogP contribution in [0.1, 0.15) is 69.2 Å². The fraction of sp³-hybridized carbons (Fsp3) is 0.800. The number of nitrogens with zero attached hydrogens (tertiary/aromatic N) is 1. The molecule has 1 heterocycles.